The second kappa shape index (κ2) is 6.53. The summed E-state index contributed by atoms with van der Waals surface area (Å²) in [5.41, 5.74) is 0. The highest BCUT2D eigenvalue weighted by atomic mass is 32.1. The minimum absolute atomic E-state index is 0.112. The highest BCUT2D eigenvalue weighted by Gasteiger charge is 1.98. The van der Waals surface area contributed by atoms with Gasteiger partial charge in [-0.25, -0.2) is 0 Å². The third kappa shape index (κ3) is 7.72. The summed E-state index contributed by atoms with van der Waals surface area (Å²) in [6.45, 7) is 5.08. The van der Waals surface area contributed by atoms with E-state index in [9.17, 15) is 4.79 Å². The zero-order valence-corrected chi connectivity index (χ0v) is 8.16. The van der Waals surface area contributed by atoms with Crippen molar-refractivity contribution in [3.63, 3.8) is 0 Å². The van der Waals surface area contributed by atoms with Crippen LogP contribution in [0.15, 0.2) is 0 Å². The van der Waals surface area contributed by atoms with Crippen LogP contribution in [-0.4, -0.2) is 18.2 Å². The van der Waals surface area contributed by atoms with E-state index in [1.54, 1.807) is 0 Å². The average molecular weight is 175 g/mol. The standard InChI is InChI=1S/C8H17NOS/c1-7(2)3-5-9-8(10)4-6-11/h7,11H,3-6H2,1-2H3,(H,9,10). The fraction of sp³-hybridized carbons (Fsp3) is 0.875. The largest absolute Gasteiger partial charge is 0.356 e. The summed E-state index contributed by atoms with van der Waals surface area (Å²) in [5, 5.41) is 2.83. The fourth-order valence-electron chi connectivity index (χ4n) is 0.690. The SMILES string of the molecule is CC(C)CCNC(=O)CCS. The van der Waals surface area contributed by atoms with Gasteiger partial charge in [-0.15, -0.1) is 0 Å². The van der Waals surface area contributed by atoms with Crippen molar-refractivity contribution < 1.29 is 4.79 Å². The van der Waals surface area contributed by atoms with E-state index in [1.807, 2.05) is 0 Å². The Morgan fingerprint density at radius 3 is 2.64 bits per heavy atom. The average Bonchev–Trinajstić information content (AvgIpc) is 1.87. The lowest BCUT2D eigenvalue weighted by atomic mass is 10.1. The van der Waals surface area contributed by atoms with Crippen molar-refractivity contribution in [3.05, 3.63) is 0 Å². The maximum Gasteiger partial charge on any atom is 0.220 e. The number of hydrogen-bond donors (Lipinski definition) is 2. The first-order valence-corrected chi connectivity index (χ1v) is 4.67. The maximum atomic E-state index is 10.9. The fourth-order valence-corrected chi connectivity index (χ4v) is 0.893. The van der Waals surface area contributed by atoms with E-state index in [1.165, 1.54) is 0 Å². The van der Waals surface area contributed by atoms with Gasteiger partial charge in [0, 0.05) is 13.0 Å². The number of hydrogen-bond acceptors (Lipinski definition) is 2. The molecule has 0 atom stereocenters. The lowest BCUT2D eigenvalue weighted by Gasteiger charge is -2.05. The van der Waals surface area contributed by atoms with Gasteiger partial charge in [-0.2, -0.15) is 12.6 Å². The second-order valence-electron chi connectivity index (χ2n) is 3.01. The van der Waals surface area contributed by atoms with Gasteiger partial charge in [-0.3, -0.25) is 4.79 Å². The van der Waals surface area contributed by atoms with Crippen LogP contribution in [0.2, 0.25) is 0 Å². The van der Waals surface area contributed by atoms with Gasteiger partial charge >= 0.3 is 0 Å². The number of amides is 1. The van der Waals surface area contributed by atoms with E-state index >= 15 is 0 Å². The molecule has 2 nitrogen and oxygen atoms in total. The topological polar surface area (TPSA) is 29.1 Å². The molecular formula is C8H17NOS. The Balaban J connectivity index is 3.17. The minimum atomic E-state index is 0.112. The molecule has 0 unspecified atom stereocenters. The van der Waals surface area contributed by atoms with Crippen molar-refractivity contribution in [2.75, 3.05) is 12.3 Å². The van der Waals surface area contributed by atoms with Crippen LogP contribution in [0.5, 0.6) is 0 Å². The monoisotopic (exact) mass is 175 g/mol. The van der Waals surface area contributed by atoms with Gasteiger partial charge in [0.25, 0.3) is 0 Å². The highest BCUT2D eigenvalue weighted by Crippen LogP contribution is 1.96. The van der Waals surface area contributed by atoms with Gasteiger partial charge in [-0.1, -0.05) is 13.8 Å². The van der Waals surface area contributed by atoms with E-state index in [2.05, 4.69) is 31.8 Å². The van der Waals surface area contributed by atoms with Crippen molar-refractivity contribution in [2.24, 2.45) is 5.92 Å². The lowest BCUT2D eigenvalue weighted by Crippen LogP contribution is -2.25. The molecule has 0 aromatic heterocycles. The van der Waals surface area contributed by atoms with E-state index in [0.717, 1.165) is 13.0 Å². The van der Waals surface area contributed by atoms with Crippen LogP contribution in [0.4, 0.5) is 0 Å². The summed E-state index contributed by atoms with van der Waals surface area (Å²) in [5.74, 6) is 1.40. The first-order valence-electron chi connectivity index (χ1n) is 4.04. The normalized spacial score (nSPS) is 10.2. The highest BCUT2D eigenvalue weighted by molar-refractivity contribution is 7.80. The summed E-state index contributed by atoms with van der Waals surface area (Å²) in [4.78, 5) is 10.9. The van der Waals surface area contributed by atoms with E-state index < -0.39 is 0 Å². The van der Waals surface area contributed by atoms with Gasteiger partial charge < -0.3 is 5.32 Å². The molecule has 0 aliphatic heterocycles. The molecule has 1 amide bonds. The predicted octanol–water partition coefficient (Wildman–Crippen LogP) is 1.47. The Bertz CT molecular complexity index is 115. The van der Waals surface area contributed by atoms with Crippen molar-refractivity contribution in [2.45, 2.75) is 26.7 Å². The molecule has 0 rings (SSSR count). The molecule has 66 valence electrons. The van der Waals surface area contributed by atoms with Crippen LogP contribution >= 0.6 is 12.6 Å². The Morgan fingerprint density at radius 1 is 1.55 bits per heavy atom. The molecule has 0 aromatic rings. The maximum absolute atomic E-state index is 10.9. The number of rotatable bonds is 5. The Labute approximate surface area is 74.2 Å². The number of carbonyl (C=O) groups is 1. The van der Waals surface area contributed by atoms with Gasteiger partial charge in [0.15, 0.2) is 0 Å². The summed E-state index contributed by atoms with van der Waals surface area (Å²) in [6.07, 6.45) is 1.58. The molecule has 0 bridgehead atoms. The Morgan fingerprint density at radius 2 is 2.18 bits per heavy atom. The van der Waals surface area contributed by atoms with E-state index in [-0.39, 0.29) is 5.91 Å². The number of thiol groups is 1. The predicted molar refractivity (Wildman–Crippen MR) is 50.9 cm³/mol. The van der Waals surface area contributed by atoms with Gasteiger partial charge in [0.1, 0.15) is 0 Å². The van der Waals surface area contributed by atoms with Gasteiger partial charge in [0.05, 0.1) is 0 Å². The molecule has 0 radical (unpaired) electrons. The van der Waals surface area contributed by atoms with Crippen LogP contribution < -0.4 is 5.32 Å². The summed E-state index contributed by atoms with van der Waals surface area (Å²) in [7, 11) is 0. The van der Waals surface area contributed by atoms with Crippen LogP contribution in [0.25, 0.3) is 0 Å². The van der Waals surface area contributed by atoms with Gasteiger partial charge in [0.2, 0.25) is 5.91 Å². The van der Waals surface area contributed by atoms with Crippen LogP contribution in [0, 0.1) is 5.92 Å². The first-order chi connectivity index (χ1) is 5.16. The van der Waals surface area contributed by atoms with Crippen LogP contribution in [0.3, 0.4) is 0 Å². The molecule has 0 aromatic carbocycles. The number of carbonyl (C=O) groups excluding carboxylic acids is 1. The zero-order valence-electron chi connectivity index (χ0n) is 7.26. The zero-order chi connectivity index (χ0) is 8.69. The molecule has 3 heteroatoms. The van der Waals surface area contributed by atoms with Crippen LogP contribution in [0.1, 0.15) is 26.7 Å². The van der Waals surface area contributed by atoms with Crippen molar-refractivity contribution >= 4 is 18.5 Å². The Hall–Kier alpha value is -0.180. The third-order valence-corrected chi connectivity index (χ3v) is 1.61. The smallest absolute Gasteiger partial charge is 0.220 e. The quantitative estimate of drug-likeness (QED) is 0.609. The second-order valence-corrected chi connectivity index (χ2v) is 3.45. The molecule has 11 heavy (non-hydrogen) atoms. The summed E-state index contributed by atoms with van der Waals surface area (Å²) < 4.78 is 0. The van der Waals surface area contributed by atoms with Crippen LogP contribution in [-0.2, 0) is 4.79 Å². The van der Waals surface area contributed by atoms with Crippen molar-refractivity contribution in [1.82, 2.24) is 5.32 Å². The molecule has 1 N–H and O–H groups in total. The molecule has 0 aliphatic carbocycles. The molecular weight excluding hydrogens is 158 g/mol. The summed E-state index contributed by atoms with van der Waals surface area (Å²) in [6, 6.07) is 0. The molecule has 0 saturated carbocycles. The molecule has 0 heterocycles. The first kappa shape index (κ1) is 10.8. The summed E-state index contributed by atoms with van der Waals surface area (Å²) >= 11 is 3.96. The minimum Gasteiger partial charge on any atom is -0.356 e. The van der Waals surface area contributed by atoms with Crippen molar-refractivity contribution in [3.8, 4) is 0 Å². The molecule has 0 spiro atoms. The Kier molecular flexibility index (Phi) is 6.42. The van der Waals surface area contributed by atoms with E-state index in [0.29, 0.717) is 18.1 Å². The molecule has 0 aliphatic rings. The van der Waals surface area contributed by atoms with Crippen molar-refractivity contribution in [1.29, 1.82) is 0 Å². The third-order valence-electron chi connectivity index (χ3n) is 1.38. The van der Waals surface area contributed by atoms with Gasteiger partial charge in [-0.05, 0) is 18.1 Å². The number of nitrogens with one attached hydrogen (secondary N) is 1. The molecule has 0 fully saturated rings. The van der Waals surface area contributed by atoms with E-state index in [4.69, 9.17) is 0 Å². The molecule has 0 saturated heterocycles. The lowest BCUT2D eigenvalue weighted by molar-refractivity contribution is -0.120.